The van der Waals surface area contributed by atoms with Gasteiger partial charge in [-0.2, -0.15) is 0 Å². The fraction of sp³-hybridized carbons (Fsp3) is 0.462. The number of aldehydes is 1. The molecule has 0 heterocycles. The Labute approximate surface area is 113 Å². The van der Waals surface area contributed by atoms with Gasteiger partial charge in [0.1, 0.15) is 6.61 Å². The van der Waals surface area contributed by atoms with Crippen molar-refractivity contribution < 1.29 is 22.7 Å². The third-order valence-corrected chi connectivity index (χ3v) is 4.86. The van der Waals surface area contributed by atoms with E-state index in [0.29, 0.717) is 17.6 Å². The Morgan fingerprint density at radius 3 is 2.53 bits per heavy atom. The van der Waals surface area contributed by atoms with Crippen LogP contribution in [0.25, 0.3) is 0 Å². The molecule has 0 spiro atoms. The molecule has 0 unspecified atom stereocenters. The van der Waals surface area contributed by atoms with Crippen LogP contribution >= 0.6 is 0 Å². The van der Waals surface area contributed by atoms with Crippen molar-refractivity contribution in [1.82, 2.24) is 0 Å². The SMILES string of the molecule is COc1cccc(C=O)c1OCCS(=O)(=O)C(C)C. The molecule has 0 aliphatic heterocycles. The summed E-state index contributed by atoms with van der Waals surface area (Å²) in [6.07, 6.45) is 0.648. The fourth-order valence-corrected chi connectivity index (χ4v) is 2.22. The first kappa shape index (κ1) is 15.5. The van der Waals surface area contributed by atoms with Crippen LogP contribution in [0.4, 0.5) is 0 Å². The van der Waals surface area contributed by atoms with Crippen molar-refractivity contribution in [3.05, 3.63) is 23.8 Å². The summed E-state index contributed by atoms with van der Waals surface area (Å²) in [6, 6.07) is 4.90. The van der Waals surface area contributed by atoms with Gasteiger partial charge < -0.3 is 9.47 Å². The van der Waals surface area contributed by atoms with Crippen molar-refractivity contribution in [2.24, 2.45) is 0 Å². The van der Waals surface area contributed by atoms with Gasteiger partial charge in [-0.15, -0.1) is 0 Å². The van der Waals surface area contributed by atoms with E-state index >= 15 is 0 Å². The van der Waals surface area contributed by atoms with E-state index in [0.717, 1.165) is 0 Å². The van der Waals surface area contributed by atoms with Crippen LogP contribution in [0.2, 0.25) is 0 Å². The van der Waals surface area contributed by atoms with Crippen LogP contribution in [0.1, 0.15) is 24.2 Å². The van der Waals surface area contributed by atoms with E-state index in [9.17, 15) is 13.2 Å². The second kappa shape index (κ2) is 6.56. The van der Waals surface area contributed by atoms with E-state index in [1.165, 1.54) is 7.11 Å². The highest BCUT2D eigenvalue weighted by Crippen LogP contribution is 2.29. The van der Waals surface area contributed by atoms with Crippen LogP contribution < -0.4 is 9.47 Å². The molecule has 6 heteroatoms. The molecule has 0 saturated heterocycles. The number of hydrogen-bond donors (Lipinski definition) is 0. The molecule has 0 atom stereocenters. The number of carbonyl (C=O) groups excluding carboxylic acids is 1. The number of rotatable bonds is 7. The zero-order valence-electron chi connectivity index (χ0n) is 11.3. The molecule has 0 N–H and O–H groups in total. The largest absolute Gasteiger partial charge is 0.493 e. The van der Waals surface area contributed by atoms with Gasteiger partial charge in [0, 0.05) is 0 Å². The van der Waals surface area contributed by atoms with Crippen LogP contribution in [0.15, 0.2) is 18.2 Å². The summed E-state index contributed by atoms with van der Waals surface area (Å²) >= 11 is 0. The lowest BCUT2D eigenvalue weighted by molar-refractivity contribution is 0.111. The monoisotopic (exact) mass is 286 g/mol. The quantitative estimate of drug-likeness (QED) is 0.714. The van der Waals surface area contributed by atoms with Crippen molar-refractivity contribution in [3.63, 3.8) is 0 Å². The maximum atomic E-state index is 11.6. The Balaban J connectivity index is 2.81. The number of carbonyl (C=O) groups is 1. The van der Waals surface area contributed by atoms with E-state index < -0.39 is 15.1 Å². The molecule has 0 aromatic heterocycles. The Kier molecular flexibility index (Phi) is 5.35. The van der Waals surface area contributed by atoms with Crippen LogP contribution in [0.5, 0.6) is 11.5 Å². The first-order valence-corrected chi connectivity index (χ1v) is 7.60. The molecular formula is C13H18O5S. The summed E-state index contributed by atoms with van der Waals surface area (Å²) in [5, 5.41) is -0.445. The third kappa shape index (κ3) is 3.96. The number of para-hydroxylation sites is 1. The zero-order chi connectivity index (χ0) is 14.5. The number of sulfone groups is 1. The zero-order valence-corrected chi connectivity index (χ0v) is 12.1. The van der Waals surface area contributed by atoms with E-state index in [-0.39, 0.29) is 18.1 Å². The molecular weight excluding hydrogens is 268 g/mol. The molecule has 19 heavy (non-hydrogen) atoms. The Morgan fingerprint density at radius 1 is 1.32 bits per heavy atom. The second-order valence-corrected chi connectivity index (χ2v) is 6.94. The minimum Gasteiger partial charge on any atom is -0.493 e. The summed E-state index contributed by atoms with van der Waals surface area (Å²) in [7, 11) is -1.70. The maximum absolute atomic E-state index is 11.6. The van der Waals surface area contributed by atoms with Crippen molar-refractivity contribution >= 4 is 16.1 Å². The standard InChI is InChI=1S/C13H18O5S/c1-10(2)19(15,16)8-7-18-13-11(9-14)5-4-6-12(13)17-3/h4-6,9-10H,7-8H2,1-3H3. The highest BCUT2D eigenvalue weighted by molar-refractivity contribution is 7.91. The Hall–Kier alpha value is -1.56. The van der Waals surface area contributed by atoms with Gasteiger partial charge in [0.15, 0.2) is 27.6 Å². The van der Waals surface area contributed by atoms with Crippen LogP contribution in [0.3, 0.4) is 0 Å². The van der Waals surface area contributed by atoms with Crippen molar-refractivity contribution in [3.8, 4) is 11.5 Å². The van der Waals surface area contributed by atoms with Crippen molar-refractivity contribution in [2.75, 3.05) is 19.5 Å². The lowest BCUT2D eigenvalue weighted by atomic mass is 10.2. The molecule has 0 aliphatic carbocycles. The number of ether oxygens (including phenoxy) is 2. The minimum atomic E-state index is -3.16. The Morgan fingerprint density at radius 2 is 2.00 bits per heavy atom. The van der Waals surface area contributed by atoms with E-state index in [1.54, 1.807) is 32.0 Å². The van der Waals surface area contributed by atoms with Crippen molar-refractivity contribution in [1.29, 1.82) is 0 Å². The van der Waals surface area contributed by atoms with Crippen LogP contribution in [-0.2, 0) is 9.84 Å². The molecule has 0 aliphatic rings. The highest BCUT2D eigenvalue weighted by atomic mass is 32.2. The molecule has 5 nitrogen and oxygen atoms in total. The first-order valence-electron chi connectivity index (χ1n) is 5.89. The molecule has 1 rings (SSSR count). The maximum Gasteiger partial charge on any atom is 0.171 e. The van der Waals surface area contributed by atoms with Gasteiger partial charge >= 0.3 is 0 Å². The minimum absolute atomic E-state index is 0.0122. The van der Waals surface area contributed by atoms with Crippen LogP contribution in [0, 0.1) is 0 Å². The topological polar surface area (TPSA) is 69.7 Å². The fourth-order valence-electron chi connectivity index (χ4n) is 1.44. The highest BCUT2D eigenvalue weighted by Gasteiger charge is 2.17. The average Bonchev–Trinajstić information content (AvgIpc) is 2.38. The van der Waals surface area contributed by atoms with Gasteiger partial charge in [0.25, 0.3) is 0 Å². The van der Waals surface area contributed by atoms with Gasteiger partial charge in [-0.25, -0.2) is 8.42 Å². The van der Waals surface area contributed by atoms with Gasteiger partial charge in [0.2, 0.25) is 0 Å². The number of methoxy groups -OCH3 is 1. The molecule has 1 aromatic carbocycles. The lowest BCUT2D eigenvalue weighted by Gasteiger charge is -2.13. The molecule has 0 fully saturated rings. The molecule has 0 saturated carbocycles. The summed E-state index contributed by atoms with van der Waals surface area (Å²) in [6.45, 7) is 3.23. The number of benzene rings is 1. The predicted octanol–water partition coefficient (Wildman–Crippen LogP) is 1.71. The van der Waals surface area contributed by atoms with Crippen molar-refractivity contribution in [2.45, 2.75) is 19.1 Å². The van der Waals surface area contributed by atoms with Gasteiger partial charge in [-0.1, -0.05) is 6.07 Å². The smallest absolute Gasteiger partial charge is 0.171 e. The Bertz CT molecular complexity index is 534. The molecule has 1 aromatic rings. The predicted molar refractivity (Wildman–Crippen MR) is 72.8 cm³/mol. The normalized spacial score (nSPS) is 11.4. The van der Waals surface area contributed by atoms with Crippen LogP contribution in [-0.4, -0.2) is 39.4 Å². The molecule has 0 amide bonds. The third-order valence-electron chi connectivity index (χ3n) is 2.69. The van der Waals surface area contributed by atoms with E-state index in [4.69, 9.17) is 9.47 Å². The summed E-state index contributed by atoms with van der Waals surface area (Å²) in [5.41, 5.74) is 0.335. The lowest BCUT2D eigenvalue weighted by Crippen LogP contribution is -2.22. The second-order valence-electron chi connectivity index (χ2n) is 4.26. The molecule has 106 valence electrons. The summed E-state index contributed by atoms with van der Waals surface area (Å²) < 4.78 is 33.8. The summed E-state index contributed by atoms with van der Waals surface area (Å²) in [5.74, 6) is 0.589. The van der Waals surface area contributed by atoms with E-state index in [2.05, 4.69) is 0 Å². The number of hydrogen-bond acceptors (Lipinski definition) is 5. The van der Waals surface area contributed by atoms with Gasteiger partial charge in [-0.3, -0.25) is 4.79 Å². The van der Waals surface area contributed by atoms with E-state index in [1.807, 2.05) is 0 Å². The van der Waals surface area contributed by atoms with Gasteiger partial charge in [-0.05, 0) is 26.0 Å². The molecule has 0 radical (unpaired) electrons. The van der Waals surface area contributed by atoms with Gasteiger partial charge in [0.05, 0.1) is 23.7 Å². The average molecular weight is 286 g/mol. The first-order chi connectivity index (χ1) is 8.92. The molecule has 0 bridgehead atoms. The summed E-state index contributed by atoms with van der Waals surface area (Å²) in [4.78, 5) is 10.9.